The molecule has 1 fully saturated rings. The zero-order valence-electron chi connectivity index (χ0n) is 17.1. The minimum absolute atomic E-state index is 0.270. The number of ether oxygens (including phenoxy) is 1. The number of nitrogens with one attached hydrogen (secondary N) is 2. The average molecular weight is 438 g/mol. The van der Waals surface area contributed by atoms with Crippen LogP contribution in [0.15, 0.2) is 36.7 Å². The van der Waals surface area contributed by atoms with Crippen LogP contribution in [0.2, 0.25) is 0 Å². The first-order valence-corrected chi connectivity index (χ1v) is 9.90. The van der Waals surface area contributed by atoms with Crippen LogP contribution in [-0.4, -0.2) is 85.7 Å². The van der Waals surface area contributed by atoms with Crippen molar-refractivity contribution in [2.45, 2.75) is 30.5 Å². The van der Waals surface area contributed by atoms with Gasteiger partial charge in [0, 0.05) is 18.6 Å². The van der Waals surface area contributed by atoms with E-state index in [4.69, 9.17) is 4.74 Å². The fourth-order valence-corrected chi connectivity index (χ4v) is 3.55. The molecule has 0 saturated carbocycles. The lowest BCUT2D eigenvalue weighted by Crippen LogP contribution is -2.58. The van der Waals surface area contributed by atoms with Gasteiger partial charge < -0.3 is 30.5 Å². The highest BCUT2D eigenvalue weighted by Gasteiger charge is 2.42. The molecular formula is C22H22N4O6. The molecular weight excluding hydrogens is 416 g/mol. The Morgan fingerprint density at radius 1 is 1.19 bits per heavy atom. The van der Waals surface area contributed by atoms with Gasteiger partial charge in [-0.3, -0.25) is 14.9 Å². The number of hydrogen-bond acceptors (Lipinski definition) is 8. The number of aliphatic hydroxyl groups excluding tert-OH is 4. The van der Waals surface area contributed by atoms with E-state index in [-0.39, 0.29) is 11.6 Å². The molecule has 32 heavy (non-hydrogen) atoms. The first kappa shape index (κ1) is 21.9. The standard InChI is InChI=1S/C22H22N4O6/c1-23-22(31)15-8-11(4-5-24-15)13-6-12(18-14(7-13)9-25-26-18)2-3-16-19(28)21(30)20(29)17(10-27)32-16/h4-9,16-17,19-21,27-30H,10H2,1H3,(H,23,31)(H,25,26)/t16-,17-,19-,20-,21-/m1/s1. The molecule has 0 spiro atoms. The Balaban J connectivity index is 1.72. The van der Waals surface area contributed by atoms with Gasteiger partial charge in [-0.2, -0.15) is 5.10 Å². The highest BCUT2D eigenvalue weighted by atomic mass is 16.5. The highest BCUT2D eigenvalue weighted by Crippen LogP contribution is 2.27. The van der Waals surface area contributed by atoms with Crippen molar-refractivity contribution in [2.75, 3.05) is 13.7 Å². The topological polar surface area (TPSA) is 161 Å². The normalized spacial score (nSPS) is 25.2. The quantitative estimate of drug-likeness (QED) is 0.289. The maximum Gasteiger partial charge on any atom is 0.269 e. The molecule has 0 aliphatic carbocycles. The number of H-pyrrole nitrogens is 1. The maximum absolute atomic E-state index is 11.9. The van der Waals surface area contributed by atoms with E-state index in [9.17, 15) is 25.2 Å². The molecule has 2 aromatic heterocycles. The van der Waals surface area contributed by atoms with Crippen LogP contribution in [-0.2, 0) is 4.74 Å². The molecule has 0 radical (unpaired) electrons. The average Bonchev–Trinajstić information content (AvgIpc) is 3.30. The summed E-state index contributed by atoms with van der Waals surface area (Å²) < 4.78 is 5.45. The van der Waals surface area contributed by atoms with Gasteiger partial charge >= 0.3 is 0 Å². The van der Waals surface area contributed by atoms with Crippen molar-refractivity contribution < 1.29 is 30.0 Å². The van der Waals surface area contributed by atoms with Crippen molar-refractivity contribution >= 4 is 16.8 Å². The van der Waals surface area contributed by atoms with Crippen molar-refractivity contribution in [2.24, 2.45) is 0 Å². The van der Waals surface area contributed by atoms with Crippen molar-refractivity contribution in [3.8, 4) is 23.0 Å². The first-order valence-electron chi connectivity index (χ1n) is 9.90. The van der Waals surface area contributed by atoms with E-state index in [1.54, 1.807) is 30.6 Å². The monoisotopic (exact) mass is 438 g/mol. The minimum atomic E-state index is -1.50. The number of aliphatic hydroxyl groups is 4. The van der Waals surface area contributed by atoms with E-state index in [1.165, 1.54) is 7.05 Å². The molecule has 1 aliphatic rings. The Labute approximate surface area is 182 Å². The summed E-state index contributed by atoms with van der Waals surface area (Å²) in [6.07, 6.45) is -3.37. The number of aromatic amines is 1. The molecule has 166 valence electrons. The van der Waals surface area contributed by atoms with Gasteiger partial charge in [0.25, 0.3) is 5.91 Å². The molecule has 6 N–H and O–H groups in total. The summed E-state index contributed by atoms with van der Waals surface area (Å²) in [6.45, 7) is -0.529. The summed E-state index contributed by atoms with van der Waals surface area (Å²) in [7, 11) is 1.53. The van der Waals surface area contributed by atoms with E-state index in [2.05, 4.69) is 32.3 Å². The molecule has 10 nitrogen and oxygen atoms in total. The third-order valence-electron chi connectivity index (χ3n) is 5.34. The Hall–Kier alpha value is -3.33. The molecule has 1 aromatic carbocycles. The lowest BCUT2D eigenvalue weighted by Gasteiger charge is -2.37. The van der Waals surface area contributed by atoms with Crippen LogP contribution in [0.1, 0.15) is 16.1 Å². The van der Waals surface area contributed by atoms with Gasteiger partial charge in [0.05, 0.1) is 23.9 Å². The van der Waals surface area contributed by atoms with Gasteiger partial charge in [0.1, 0.15) is 36.2 Å². The second-order valence-electron chi connectivity index (χ2n) is 7.39. The molecule has 3 aromatic rings. The van der Waals surface area contributed by atoms with Crippen LogP contribution in [0.4, 0.5) is 0 Å². The third kappa shape index (κ3) is 4.08. The van der Waals surface area contributed by atoms with E-state index >= 15 is 0 Å². The first-order chi connectivity index (χ1) is 15.4. The smallest absolute Gasteiger partial charge is 0.269 e. The van der Waals surface area contributed by atoms with Gasteiger partial charge in [0.2, 0.25) is 0 Å². The minimum Gasteiger partial charge on any atom is -0.394 e. The summed E-state index contributed by atoms with van der Waals surface area (Å²) in [6, 6.07) is 7.11. The molecule has 0 bridgehead atoms. The lowest BCUT2D eigenvalue weighted by molar-refractivity contribution is -0.214. The second kappa shape index (κ2) is 9.04. The van der Waals surface area contributed by atoms with Crippen LogP contribution in [0.25, 0.3) is 22.0 Å². The molecule has 0 unspecified atom stereocenters. The van der Waals surface area contributed by atoms with E-state index in [1.807, 2.05) is 6.07 Å². The molecule has 1 saturated heterocycles. The van der Waals surface area contributed by atoms with Crippen LogP contribution in [0, 0.1) is 11.8 Å². The number of carbonyl (C=O) groups is 1. The molecule has 1 aliphatic heterocycles. The van der Waals surface area contributed by atoms with Crippen LogP contribution < -0.4 is 5.32 Å². The molecule has 1 amide bonds. The summed E-state index contributed by atoms with van der Waals surface area (Å²) in [5.41, 5.74) is 2.99. The summed E-state index contributed by atoms with van der Waals surface area (Å²) in [4.78, 5) is 16.0. The SMILES string of the molecule is CNC(=O)c1cc(-c2cc(C#C[C@H]3O[C@H](CO)[C@@H](O)[C@H](O)[C@@H]3O)c3[nH]ncc3c2)ccn1. The number of carbonyl (C=O) groups excluding carboxylic acids is 1. The molecule has 10 heteroatoms. The van der Waals surface area contributed by atoms with Gasteiger partial charge in [0.15, 0.2) is 0 Å². The Morgan fingerprint density at radius 2 is 2.00 bits per heavy atom. The number of aromatic nitrogens is 3. The predicted molar refractivity (Wildman–Crippen MR) is 113 cm³/mol. The number of benzene rings is 1. The lowest BCUT2D eigenvalue weighted by atomic mass is 9.95. The van der Waals surface area contributed by atoms with E-state index in [0.717, 1.165) is 16.5 Å². The van der Waals surface area contributed by atoms with Crippen LogP contribution in [0.5, 0.6) is 0 Å². The maximum atomic E-state index is 11.9. The zero-order valence-corrected chi connectivity index (χ0v) is 17.1. The number of fused-ring (bicyclic) bond motifs is 1. The van der Waals surface area contributed by atoms with Crippen molar-refractivity contribution in [1.29, 1.82) is 0 Å². The number of nitrogens with zero attached hydrogens (tertiary/aromatic N) is 2. The second-order valence-corrected chi connectivity index (χ2v) is 7.39. The Morgan fingerprint density at radius 3 is 2.75 bits per heavy atom. The zero-order chi connectivity index (χ0) is 22.8. The fourth-order valence-electron chi connectivity index (χ4n) is 3.55. The highest BCUT2D eigenvalue weighted by molar-refractivity contribution is 5.94. The van der Waals surface area contributed by atoms with E-state index < -0.39 is 37.1 Å². The summed E-state index contributed by atoms with van der Waals surface area (Å²) in [5, 5.41) is 49.7. The Bertz CT molecular complexity index is 1200. The van der Waals surface area contributed by atoms with Gasteiger partial charge in [-0.1, -0.05) is 11.8 Å². The van der Waals surface area contributed by atoms with Crippen LogP contribution >= 0.6 is 0 Å². The Kier molecular flexibility index (Phi) is 6.18. The molecule has 3 heterocycles. The van der Waals surface area contributed by atoms with Crippen molar-refractivity contribution in [3.63, 3.8) is 0 Å². The number of pyridine rings is 1. The third-order valence-corrected chi connectivity index (χ3v) is 5.34. The molecule has 5 atom stereocenters. The predicted octanol–water partition coefficient (Wildman–Crippen LogP) is -0.822. The summed E-state index contributed by atoms with van der Waals surface area (Å²) >= 11 is 0. The largest absolute Gasteiger partial charge is 0.394 e. The summed E-state index contributed by atoms with van der Waals surface area (Å²) in [5.74, 6) is 5.40. The van der Waals surface area contributed by atoms with Gasteiger partial charge in [-0.05, 0) is 35.4 Å². The van der Waals surface area contributed by atoms with Crippen LogP contribution in [0.3, 0.4) is 0 Å². The van der Waals surface area contributed by atoms with Crippen molar-refractivity contribution in [3.05, 3.63) is 47.9 Å². The number of amides is 1. The number of rotatable bonds is 3. The van der Waals surface area contributed by atoms with Gasteiger partial charge in [-0.15, -0.1) is 0 Å². The van der Waals surface area contributed by atoms with Crippen molar-refractivity contribution in [1.82, 2.24) is 20.5 Å². The fraction of sp³-hybridized carbons (Fsp3) is 0.318. The molecule has 4 rings (SSSR count). The van der Waals surface area contributed by atoms with E-state index in [0.29, 0.717) is 11.1 Å². The number of hydrogen-bond donors (Lipinski definition) is 6. The van der Waals surface area contributed by atoms with Gasteiger partial charge in [-0.25, -0.2) is 0 Å².